The second kappa shape index (κ2) is 7.48. The van der Waals surface area contributed by atoms with Gasteiger partial charge >= 0.3 is 6.36 Å². The van der Waals surface area contributed by atoms with Gasteiger partial charge in [0.05, 0.1) is 6.20 Å². The second-order valence-corrected chi connectivity index (χ2v) is 8.96. The van der Waals surface area contributed by atoms with Crippen LogP contribution in [0.25, 0.3) is 0 Å². The minimum Gasteiger partial charge on any atom is -0.432 e. The molecule has 1 aromatic heterocycles. The van der Waals surface area contributed by atoms with Crippen molar-refractivity contribution in [2.45, 2.75) is 50.4 Å². The molecule has 1 spiro atoms. The molecule has 2 aliphatic heterocycles. The molecular weight excluding hydrogens is 395 g/mol. The van der Waals surface area contributed by atoms with Crippen LogP contribution in [0.3, 0.4) is 0 Å². The van der Waals surface area contributed by atoms with Crippen LogP contribution in [0, 0.1) is 5.41 Å². The van der Waals surface area contributed by atoms with E-state index in [1.807, 2.05) is 0 Å². The van der Waals surface area contributed by atoms with Gasteiger partial charge in [0.1, 0.15) is 12.0 Å². The van der Waals surface area contributed by atoms with E-state index < -0.39 is 6.36 Å². The predicted molar refractivity (Wildman–Crippen MR) is 105 cm³/mol. The van der Waals surface area contributed by atoms with E-state index in [9.17, 15) is 13.2 Å². The number of para-hydroxylation sites is 1. The van der Waals surface area contributed by atoms with Crippen molar-refractivity contribution in [3.05, 3.63) is 42.3 Å². The first-order valence-corrected chi connectivity index (χ1v) is 10.6. The molecule has 1 unspecified atom stereocenters. The fraction of sp³-hybridized carbons (Fsp3) is 0.591. The van der Waals surface area contributed by atoms with Crippen molar-refractivity contribution in [2.75, 3.05) is 31.1 Å². The maximum absolute atomic E-state index is 12.7. The lowest BCUT2D eigenvalue weighted by atomic mass is 9.78. The number of nitrogens with zero attached hydrogens (tertiary/aromatic N) is 3. The third kappa shape index (κ3) is 3.89. The molecule has 3 heterocycles. The van der Waals surface area contributed by atoms with Gasteiger partial charge in [-0.25, -0.2) is 4.98 Å². The third-order valence-corrected chi connectivity index (χ3v) is 7.05. The molecule has 0 N–H and O–H groups in total. The largest absolute Gasteiger partial charge is 0.573 e. The molecule has 30 heavy (non-hydrogen) atoms. The van der Waals surface area contributed by atoms with Crippen LogP contribution < -0.4 is 9.64 Å². The number of alkyl halides is 3. The molecule has 3 fully saturated rings. The first-order valence-electron chi connectivity index (χ1n) is 10.6. The highest BCUT2D eigenvalue weighted by Gasteiger charge is 2.50. The number of halogens is 3. The minimum absolute atomic E-state index is 0.0515. The molecule has 1 aromatic carbocycles. The van der Waals surface area contributed by atoms with Gasteiger partial charge in [0.25, 0.3) is 6.01 Å². The van der Waals surface area contributed by atoms with Gasteiger partial charge in [-0.05, 0) is 62.7 Å². The quantitative estimate of drug-likeness (QED) is 0.709. The normalized spacial score (nSPS) is 24.9. The fourth-order valence-electron chi connectivity index (χ4n) is 5.66. The number of benzene rings is 1. The van der Waals surface area contributed by atoms with Crippen molar-refractivity contribution in [2.24, 2.45) is 5.41 Å². The SMILES string of the molecule is FC(F)(F)Oc1ccccc1C1CCN(C2CCC3(C2)CN(c2ncco2)C3)CC1. The van der Waals surface area contributed by atoms with Gasteiger partial charge in [-0.2, -0.15) is 0 Å². The molecule has 0 amide bonds. The van der Waals surface area contributed by atoms with Crippen LogP contribution in [0.2, 0.25) is 0 Å². The average molecular weight is 421 g/mol. The highest BCUT2D eigenvalue weighted by Crippen LogP contribution is 2.49. The van der Waals surface area contributed by atoms with Crippen molar-refractivity contribution >= 4 is 6.01 Å². The fourth-order valence-corrected chi connectivity index (χ4v) is 5.66. The van der Waals surface area contributed by atoms with Crippen LogP contribution in [0.1, 0.15) is 43.6 Å². The van der Waals surface area contributed by atoms with Crippen LogP contribution >= 0.6 is 0 Å². The molecule has 2 saturated heterocycles. The van der Waals surface area contributed by atoms with E-state index in [2.05, 4.69) is 19.5 Å². The van der Waals surface area contributed by atoms with Crippen LogP contribution in [0.5, 0.6) is 5.75 Å². The van der Waals surface area contributed by atoms with Crippen molar-refractivity contribution in [1.82, 2.24) is 9.88 Å². The van der Waals surface area contributed by atoms with Crippen molar-refractivity contribution in [3.63, 3.8) is 0 Å². The summed E-state index contributed by atoms with van der Waals surface area (Å²) in [6, 6.07) is 7.87. The van der Waals surface area contributed by atoms with E-state index in [0.717, 1.165) is 39.0 Å². The summed E-state index contributed by atoms with van der Waals surface area (Å²) in [5, 5.41) is 0. The standard InChI is InChI=1S/C22H26F3N3O2/c23-22(24,25)30-19-4-2-1-3-18(19)16-6-10-27(11-7-16)17-5-8-21(13-17)14-28(15-21)20-26-9-12-29-20/h1-4,9,12,16-17H,5-8,10-11,13-15H2. The van der Waals surface area contributed by atoms with E-state index in [4.69, 9.17) is 4.42 Å². The van der Waals surface area contributed by atoms with Crippen molar-refractivity contribution in [3.8, 4) is 5.75 Å². The molecule has 5 rings (SSSR count). The van der Waals surface area contributed by atoms with Gasteiger partial charge in [-0.1, -0.05) is 18.2 Å². The maximum atomic E-state index is 12.7. The smallest absolute Gasteiger partial charge is 0.432 e. The summed E-state index contributed by atoms with van der Waals surface area (Å²) < 4.78 is 47.9. The maximum Gasteiger partial charge on any atom is 0.573 e. The zero-order chi connectivity index (χ0) is 20.8. The molecule has 8 heteroatoms. The Morgan fingerprint density at radius 1 is 1.10 bits per heavy atom. The Hall–Kier alpha value is -2.22. The molecule has 0 bridgehead atoms. The lowest BCUT2D eigenvalue weighted by molar-refractivity contribution is -0.275. The third-order valence-electron chi connectivity index (χ3n) is 7.05. The van der Waals surface area contributed by atoms with Gasteiger partial charge in [-0.15, -0.1) is 13.2 Å². The number of hydrogen-bond acceptors (Lipinski definition) is 5. The Balaban J connectivity index is 1.16. The summed E-state index contributed by atoms with van der Waals surface area (Å²) in [7, 11) is 0. The van der Waals surface area contributed by atoms with Crippen molar-refractivity contribution < 1.29 is 22.3 Å². The molecule has 5 nitrogen and oxygen atoms in total. The lowest BCUT2D eigenvalue weighted by Gasteiger charge is -2.48. The highest BCUT2D eigenvalue weighted by molar-refractivity contribution is 5.37. The summed E-state index contributed by atoms with van der Waals surface area (Å²) >= 11 is 0. The topological polar surface area (TPSA) is 41.7 Å². The molecular formula is C22H26F3N3O2. The van der Waals surface area contributed by atoms with Crippen LogP contribution in [-0.4, -0.2) is 48.5 Å². The van der Waals surface area contributed by atoms with Gasteiger partial charge in [0.15, 0.2) is 0 Å². The minimum atomic E-state index is -4.66. The molecule has 3 aliphatic rings. The lowest BCUT2D eigenvalue weighted by Crippen LogP contribution is -2.56. The zero-order valence-electron chi connectivity index (χ0n) is 16.8. The summed E-state index contributed by atoms with van der Waals surface area (Å²) in [4.78, 5) is 8.98. The molecule has 1 saturated carbocycles. The summed E-state index contributed by atoms with van der Waals surface area (Å²) in [5.74, 6) is 0.0590. The second-order valence-electron chi connectivity index (χ2n) is 8.96. The molecule has 1 atom stereocenters. The number of ether oxygens (including phenoxy) is 1. The zero-order valence-corrected chi connectivity index (χ0v) is 16.8. The number of likely N-dealkylation sites (tertiary alicyclic amines) is 1. The first kappa shape index (κ1) is 19.7. The van der Waals surface area contributed by atoms with Crippen LogP contribution in [0.15, 0.2) is 41.1 Å². The van der Waals surface area contributed by atoms with E-state index in [0.29, 0.717) is 23.0 Å². The van der Waals surface area contributed by atoms with Crippen molar-refractivity contribution in [1.29, 1.82) is 0 Å². The highest BCUT2D eigenvalue weighted by atomic mass is 19.4. The molecule has 2 aromatic rings. The molecule has 0 radical (unpaired) electrons. The van der Waals surface area contributed by atoms with Gasteiger partial charge in [-0.3, -0.25) is 0 Å². The average Bonchev–Trinajstić information content (AvgIpc) is 3.36. The van der Waals surface area contributed by atoms with E-state index in [-0.39, 0.29) is 11.7 Å². The van der Waals surface area contributed by atoms with Gasteiger partial charge < -0.3 is 19.0 Å². The number of rotatable bonds is 4. The van der Waals surface area contributed by atoms with Crippen LogP contribution in [-0.2, 0) is 0 Å². The van der Waals surface area contributed by atoms with E-state index >= 15 is 0 Å². The molecule has 1 aliphatic carbocycles. The number of anilines is 1. The van der Waals surface area contributed by atoms with Gasteiger partial charge in [0, 0.05) is 24.5 Å². The Kier molecular flexibility index (Phi) is 4.92. The Morgan fingerprint density at radius 3 is 2.57 bits per heavy atom. The Bertz CT molecular complexity index is 857. The number of oxazole rings is 1. The van der Waals surface area contributed by atoms with Gasteiger partial charge in [0.2, 0.25) is 0 Å². The monoisotopic (exact) mass is 421 g/mol. The summed E-state index contributed by atoms with van der Waals surface area (Å²) in [6.45, 7) is 3.86. The Labute approximate surface area is 173 Å². The van der Waals surface area contributed by atoms with E-state index in [1.165, 1.54) is 25.3 Å². The number of piperidine rings is 1. The Morgan fingerprint density at radius 2 is 1.87 bits per heavy atom. The first-order chi connectivity index (χ1) is 14.4. The number of aromatic nitrogens is 1. The van der Waals surface area contributed by atoms with Crippen LogP contribution in [0.4, 0.5) is 19.2 Å². The number of hydrogen-bond donors (Lipinski definition) is 0. The summed E-state index contributed by atoms with van der Waals surface area (Å²) in [6.07, 6.45) is 3.96. The summed E-state index contributed by atoms with van der Waals surface area (Å²) in [5.41, 5.74) is 1.04. The predicted octanol–water partition coefficient (Wildman–Crippen LogP) is 4.81. The molecule has 162 valence electrons. The van der Waals surface area contributed by atoms with E-state index in [1.54, 1.807) is 30.7 Å².